The van der Waals surface area contributed by atoms with E-state index < -0.39 is 15.3 Å². The largest absolute Gasteiger partial charge is 0.495 e. The van der Waals surface area contributed by atoms with E-state index in [1.165, 1.54) is 49.8 Å². The van der Waals surface area contributed by atoms with Gasteiger partial charge in [-0.2, -0.15) is 0 Å². The van der Waals surface area contributed by atoms with Crippen LogP contribution in [-0.4, -0.2) is 50.5 Å². The van der Waals surface area contributed by atoms with E-state index in [0.29, 0.717) is 51.8 Å². The molecule has 1 atom stereocenters. The van der Waals surface area contributed by atoms with Gasteiger partial charge in [0.1, 0.15) is 5.75 Å². The molecule has 42 heavy (non-hydrogen) atoms. The molecule has 0 aliphatic carbocycles. The van der Waals surface area contributed by atoms with Crippen molar-refractivity contribution in [1.29, 1.82) is 0 Å². The molecule has 11 nitrogen and oxygen atoms in total. The van der Waals surface area contributed by atoms with Crippen molar-refractivity contribution in [3.63, 3.8) is 0 Å². The van der Waals surface area contributed by atoms with Crippen LogP contribution in [0.25, 0.3) is 10.9 Å². The fraction of sp³-hybridized carbons (Fsp3) is 0.276. The minimum absolute atomic E-state index is 0.0000720. The van der Waals surface area contributed by atoms with Crippen LogP contribution < -0.4 is 30.2 Å². The number of carbonyl (C=O) groups excluding carboxylic acids is 1. The number of aromatic nitrogens is 2. The Morgan fingerprint density at radius 2 is 1.64 bits per heavy atom. The first-order valence-corrected chi connectivity index (χ1v) is 15.4. The predicted molar refractivity (Wildman–Crippen MR) is 162 cm³/mol. The Bertz CT molecular complexity index is 1760. The van der Waals surface area contributed by atoms with Crippen LogP contribution in [0.4, 0.5) is 5.69 Å². The van der Waals surface area contributed by atoms with Gasteiger partial charge >= 0.3 is 0 Å². The molecule has 0 aliphatic heterocycles. The minimum atomic E-state index is -3.83. The van der Waals surface area contributed by atoms with E-state index in [1.54, 1.807) is 42.5 Å². The number of thioether (sulfide) groups is 1. The van der Waals surface area contributed by atoms with Crippen molar-refractivity contribution in [3.05, 3.63) is 76.6 Å². The fourth-order valence-electron chi connectivity index (χ4n) is 4.31. The molecular weight excluding hydrogens is 580 g/mol. The molecule has 0 spiro atoms. The van der Waals surface area contributed by atoms with Crippen LogP contribution in [0.2, 0.25) is 0 Å². The molecule has 3 aromatic carbocycles. The van der Waals surface area contributed by atoms with Crippen LogP contribution in [-0.2, 0) is 27.8 Å². The molecular formula is C29H32N4O7S2. The lowest BCUT2D eigenvalue weighted by Gasteiger charge is -2.19. The number of hydrogen-bond acceptors (Lipinski definition) is 9. The molecule has 0 saturated carbocycles. The van der Waals surface area contributed by atoms with Gasteiger partial charge < -0.3 is 19.5 Å². The number of para-hydroxylation sites is 2. The molecule has 1 heterocycles. The smallest absolute Gasteiger partial charge is 0.262 e. The highest BCUT2D eigenvalue weighted by molar-refractivity contribution is 8.00. The maximum atomic E-state index is 13.8. The number of fused-ring (bicyclic) bond motifs is 1. The van der Waals surface area contributed by atoms with E-state index >= 15 is 0 Å². The van der Waals surface area contributed by atoms with Gasteiger partial charge in [-0.1, -0.05) is 43.0 Å². The van der Waals surface area contributed by atoms with Gasteiger partial charge in [-0.05, 0) is 48.7 Å². The standard InChI is InChI=1S/C29H32N4O7S2/c1-5-26(27(34)31-21-8-6-7-9-23(21)38-2)41-29-32-22-17-25(40-4)24(39-3)16-20(22)28(35)33(29)15-14-18-10-12-19(13-11-18)42(30,36)37/h6-13,16-17,26H,5,14-15H2,1-4H3,(H,31,34)(H2,30,36,37)/t26-/m1/s1. The molecule has 0 bridgehead atoms. The van der Waals surface area contributed by atoms with Crippen LogP contribution in [0.15, 0.2) is 75.5 Å². The van der Waals surface area contributed by atoms with Gasteiger partial charge in [-0.15, -0.1) is 0 Å². The van der Waals surface area contributed by atoms with E-state index in [1.807, 2.05) is 13.0 Å². The number of hydrogen-bond donors (Lipinski definition) is 2. The highest BCUT2D eigenvalue weighted by atomic mass is 32.2. The summed E-state index contributed by atoms with van der Waals surface area (Å²) in [6.07, 6.45) is 0.851. The van der Waals surface area contributed by atoms with E-state index in [-0.39, 0.29) is 22.9 Å². The van der Waals surface area contributed by atoms with Gasteiger partial charge in [-0.3, -0.25) is 14.2 Å². The number of amides is 1. The average molecular weight is 613 g/mol. The van der Waals surface area contributed by atoms with Crippen LogP contribution in [0.1, 0.15) is 18.9 Å². The van der Waals surface area contributed by atoms with Crippen molar-refractivity contribution < 1.29 is 27.4 Å². The number of nitrogens with one attached hydrogen (secondary N) is 1. The lowest BCUT2D eigenvalue weighted by atomic mass is 10.1. The summed E-state index contributed by atoms with van der Waals surface area (Å²) in [6.45, 7) is 2.10. The summed E-state index contributed by atoms with van der Waals surface area (Å²) in [7, 11) is 0.684. The SMILES string of the molecule is CC[C@@H](Sc1nc2cc(OC)c(OC)cc2c(=O)n1CCc1ccc(S(N)(=O)=O)cc1)C(=O)Nc1ccccc1OC. The van der Waals surface area contributed by atoms with Crippen LogP contribution in [0, 0.1) is 0 Å². The molecule has 0 unspecified atom stereocenters. The maximum absolute atomic E-state index is 13.8. The number of rotatable bonds is 12. The van der Waals surface area contributed by atoms with Gasteiger partial charge in [0.2, 0.25) is 15.9 Å². The van der Waals surface area contributed by atoms with Gasteiger partial charge in [0, 0.05) is 12.6 Å². The van der Waals surface area contributed by atoms with Gasteiger partial charge in [0.05, 0.1) is 48.1 Å². The zero-order valence-corrected chi connectivity index (χ0v) is 25.3. The number of methoxy groups -OCH3 is 3. The summed E-state index contributed by atoms with van der Waals surface area (Å²) in [4.78, 5) is 32.0. The molecule has 13 heteroatoms. The van der Waals surface area contributed by atoms with Crippen molar-refractivity contribution in [3.8, 4) is 17.2 Å². The quantitative estimate of drug-likeness (QED) is 0.180. The summed E-state index contributed by atoms with van der Waals surface area (Å²) >= 11 is 1.18. The first-order chi connectivity index (χ1) is 20.1. The van der Waals surface area contributed by atoms with Crippen molar-refractivity contribution >= 4 is 44.3 Å². The Morgan fingerprint density at radius 3 is 2.26 bits per heavy atom. The van der Waals surface area contributed by atoms with Crippen LogP contribution >= 0.6 is 11.8 Å². The molecule has 0 radical (unpaired) electrons. The zero-order valence-electron chi connectivity index (χ0n) is 23.6. The highest BCUT2D eigenvalue weighted by Crippen LogP contribution is 2.33. The molecule has 4 rings (SSSR count). The number of sulfonamides is 1. The molecule has 0 saturated heterocycles. The predicted octanol–water partition coefficient (Wildman–Crippen LogP) is 3.82. The molecule has 3 N–H and O–H groups in total. The summed E-state index contributed by atoms with van der Waals surface area (Å²) in [6, 6.07) is 16.5. The zero-order chi connectivity index (χ0) is 30.4. The molecule has 0 aliphatic rings. The number of nitrogens with zero attached hydrogens (tertiary/aromatic N) is 2. The Balaban J connectivity index is 1.72. The molecule has 1 amide bonds. The number of nitrogens with two attached hydrogens (primary N) is 1. The second-order valence-corrected chi connectivity index (χ2v) is 12.0. The lowest BCUT2D eigenvalue weighted by Crippen LogP contribution is -2.29. The Morgan fingerprint density at radius 1 is 1.00 bits per heavy atom. The first-order valence-electron chi connectivity index (χ1n) is 13.0. The number of carbonyl (C=O) groups is 1. The molecule has 0 fully saturated rings. The summed E-state index contributed by atoms with van der Waals surface area (Å²) in [5.41, 5.74) is 1.41. The van der Waals surface area contributed by atoms with E-state index in [2.05, 4.69) is 5.32 Å². The number of benzene rings is 3. The van der Waals surface area contributed by atoms with Gasteiger partial charge in [-0.25, -0.2) is 18.5 Å². The van der Waals surface area contributed by atoms with Crippen molar-refractivity contribution in [1.82, 2.24) is 9.55 Å². The molecule has 4 aromatic rings. The van der Waals surface area contributed by atoms with Gasteiger partial charge in [0.15, 0.2) is 16.7 Å². The second kappa shape index (κ2) is 13.3. The van der Waals surface area contributed by atoms with E-state index in [0.717, 1.165) is 5.56 Å². The fourth-order valence-corrected chi connectivity index (χ4v) is 5.87. The van der Waals surface area contributed by atoms with Crippen LogP contribution in [0.3, 0.4) is 0 Å². The Kier molecular flexibility index (Phi) is 9.76. The summed E-state index contributed by atoms with van der Waals surface area (Å²) in [5.74, 6) is 1.07. The van der Waals surface area contributed by atoms with Crippen LogP contribution in [0.5, 0.6) is 17.2 Å². The normalized spacial score (nSPS) is 12.1. The third-order valence-corrected chi connectivity index (χ3v) is 8.86. The number of anilines is 1. The van der Waals surface area contributed by atoms with E-state index in [9.17, 15) is 18.0 Å². The molecule has 222 valence electrons. The summed E-state index contributed by atoms with van der Waals surface area (Å²) < 4.78 is 41.0. The third-order valence-electron chi connectivity index (χ3n) is 6.58. The Labute approximate surface area is 248 Å². The second-order valence-electron chi connectivity index (χ2n) is 9.22. The maximum Gasteiger partial charge on any atom is 0.262 e. The lowest BCUT2D eigenvalue weighted by molar-refractivity contribution is -0.115. The monoisotopic (exact) mass is 612 g/mol. The van der Waals surface area contributed by atoms with Gasteiger partial charge in [0.25, 0.3) is 5.56 Å². The Hall–Kier alpha value is -4.07. The van der Waals surface area contributed by atoms with Crippen molar-refractivity contribution in [2.45, 2.75) is 41.6 Å². The first kappa shape index (κ1) is 30.9. The number of primary sulfonamides is 1. The number of aryl methyl sites for hydroxylation is 1. The van der Waals surface area contributed by atoms with E-state index in [4.69, 9.17) is 24.3 Å². The molecule has 1 aromatic heterocycles. The van der Waals surface area contributed by atoms with Crippen molar-refractivity contribution in [2.75, 3.05) is 26.6 Å². The average Bonchev–Trinajstić information content (AvgIpc) is 2.98. The summed E-state index contributed by atoms with van der Waals surface area (Å²) in [5, 5.41) is 8.22. The minimum Gasteiger partial charge on any atom is -0.495 e. The van der Waals surface area contributed by atoms with Crippen molar-refractivity contribution in [2.24, 2.45) is 5.14 Å². The highest BCUT2D eigenvalue weighted by Gasteiger charge is 2.24. The third kappa shape index (κ3) is 6.86. The topological polar surface area (TPSA) is 152 Å². The number of ether oxygens (including phenoxy) is 3.